The molecule has 6 fully saturated rings. The molecule has 4 N–H and O–H groups in total. The Morgan fingerprint density at radius 3 is 2.16 bits per heavy atom. The van der Waals surface area contributed by atoms with Gasteiger partial charge in [0.15, 0.2) is 0 Å². The summed E-state index contributed by atoms with van der Waals surface area (Å²) in [7, 11) is -4.02. The van der Waals surface area contributed by atoms with Crippen molar-refractivity contribution in [2.75, 3.05) is 13.1 Å². The van der Waals surface area contributed by atoms with Crippen molar-refractivity contribution in [2.24, 2.45) is 35.3 Å². The second-order valence-electron chi connectivity index (χ2n) is 11.9. The van der Waals surface area contributed by atoms with Crippen LogP contribution in [0.5, 0.6) is 0 Å². The van der Waals surface area contributed by atoms with Gasteiger partial charge < -0.3 is 15.8 Å². The predicted octanol–water partition coefficient (Wildman–Crippen LogP) is 3.71. The van der Waals surface area contributed by atoms with Gasteiger partial charge in [-0.25, -0.2) is 0 Å². The molecule has 37 heavy (non-hydrogen) atoms. The molecule has 0 radical (unpaired) electrons. The molecule has 10 heteroatoms. The molecule has 1 heterocycles. The molecular weight excluding hydrogens is 496 g/mol. The Morgan fingerprint density at radius 1 is 1.03 bits per heavy atom. The fourth-order valence-corrected chi connectivity index (χ4v) is 7.82. The Labute approximate surface area is 219 Å². The van der Waals surface area contributed by atoms with Crippen molar-refractivity contribution in [1.82, 2.24) is 5.32 Å². The molecule has 0 aromatic heterocycles. The van der Waals surface area contributed by atoms with Crippen LogP contribution in [-0.2, 0) is 29.4 Å². The van der Waals surface area contributed by atoms with Gasteiger partial charge in [0, 0.05) is 37.6 Å². The topological polar surface area (TPSA) is 137 Å². The summed E-state index contributed by atoms with van der Waals surface area (Å²) >= 11 is 0. The van der Waals surface area contributed by atoms with E-state index < -0.39 is 21.7 Å². The predicted molar refractivity (Wildman–Crippen MR) is 135 cm³/mol. The first kappa shape index (κ1) is 27.0. The van der Waals surface area contributed by atoms with E-state index in [2.05, 4.69) is 5.32 Å². The molecule has 2 spiro atoms. The number of rotatable bonds is 6. The van der Waals surface area contributed by atoms with Gasteiger partial charge in [-0.05, 0) is 88.3 Å². The monoisotopic (exact) mass is 536 g/mol. The molecule has 7 rings (SSSR count). The highest BCUT2D eigenvalue weighted by atomic mass is 32.2. The minimum Gasteiger partial charge on any atom is -0.370 e. The summed E-state index contributed by atoms with van der Waals surface area (Å²) in [5.74, 6) is 2.27. The number of carbonyl (C=O) groups is 1. The van der Waals surface area contributed by atoms with Gasteiger partial charge in [-0.3, -0.25) is 9.35 Å². The lowest BCUT2D eigenvalue weighted by atomic mass is 9.53. The molecule has 0 atom stereocenters. The molecule has 0 unspecified atom stereocenters. The van der Waals surface area contributed by atoms with Crippen molar-refractivity contribution >= 4 is 16.0 Å². The van der Waals surface area contributed by atoms with Crippen LogP contribution in [0.15, 0.2) is 29.2 Å². The van der Waals surface area contributed by atoms with Crippen LogP contribution in [0.3, 0.4) is 0 Å². The van der Waals surface area contributed by atoms with E-state index in [1.165, 1.54) is 44.2 Å². The largest absolute Gasteiger partial charge is 0.370 e. The SMILES string of the molecule is Cc1ccc(S(=O)(=O)O)cc1.NC(=O)CCNCC1CCC2(CC1)OOC1(O2)C2CC3CC(C2)CC1C3. The smallest absolute Gasteiger partial charge is 0.294 e. The lowest BCUT2D eigenvalue weighted by Gasteiger charge is -2.57. The summed E-state index contributed by atoms with van der Waals surface area (Å²) in [4.78, 5) is 22.8. The van der Waals surface area contributed by atoms with Gasteiger partial charge in [0.05, 0.1) is 4.90 Å². The van der Waals surface area contributed by atoms with Crippen LogP contribution in [-0.4, -0.2) is 43.5 Å². The Hall–Kier alpha value is -1.56. The molecule has 206 valence electrons. The van der Waals surface area contributed by atoms with Gasteiger partial charge in [-0.15, -0.1) is 0 Å². The fourth-order valence-electron chi connectivity index (χ4n) is 7.34. The molecule has 1 saturated heterocycles. The Morgan fingerprint density at radius 2 is 1.62 bits per heavy atom. The second-order valence-corrected chi connectivity index (χ2v) is 13.3. The van der Waals surface area contributed by atoms with E-state index in [1.54, 1.807) is 12.1 Å². The number of primary amides is 1. The van der Waals surface area contributed by atoms with Gasteiger partial charge in [-0.2, -0.15) is 18.2 Å². The first-order chi connectivity index (χ1) is 17.6. The van der Waals surface area contributed by atoms with Crippen LogP contribution in [0.2, 0.25) is 0 Å². The third-order valence-electron chi connectivity index (χ3n) is 9.11. The van der Waals surface area contributed by atoms with Crippen molar-refractivity contribution in [2.45, 2.75) is 87.6 Å². The number of ether oxygens (including phenoxy) is 1. The number of aryl methyl sites for hydroxylation is 1. The van der Waals surface area contributed by atoms with Crippen LogP contribution >= 0.6 is 0 Å². The lowest BCUT2D eigenvalue weighted by Crippen LogP contribution is -2.59. The lowest BCUT2D eigenvalue weighted by molar-refractivity contribution is -0.390. The second kappa shape index (κ2) is 10.5. The van der Waals surface area contributed by atoms with Crippen LogP contribution in [0, 0.1) is 36.5 Å². The van der Waals surface area contributed by atoms with Gasteiger partial charge in [0.2, 0.25) is 17.5 Å². The van der Waals surface area contributed by atoms with E-state index in [0.29, 0.717) is 30.7 Å². The Bertz CT molecular complexity index is 1040. The number of amides is 1. The number of hydrogen-bond donors (Lipinski definition) is 3. The molecule has 1 amide bonds. The van der Waals surface area contributed by atoms with Gasteiger partial charge >= 0.3 is 0 Å². The van der Waals surface area contributed by atoms with E-state index in [9.17, 15) is 13.2 Å². The molecule has 6 aliphatic rings. The molecule has 5 saturated carbocycles. The standard InChI is InChI=1S/C20H32N2O4.C7H8O3S/c21-18(23)3-6-22-12-13-1-4-19(5-2-13)24-20(26-25-19)16-8-14-7-15(10-16)11-17(20)9-14;1-6-2-4-7(5-3-6)11(8,9)10/h13-17,22H,1-12H2,(H2,21,23);2-5H,1H3,(H,8,9,10). The third-order valence-corrected chi connectivity index (χ3v) is 9.98. The van der Waals surface area contributed by atoms with Crippen LogP contribution < -0.4 is 11.1 Å². The van der Waals surface area contributed by atoms with Gasteiger partial charge in [0.25, 0.3) is 10.1 Å². The van der Waals surface area contributed by atoms with Crippen LogP contribution in [0.1, 0.15) is 69.8 Å². The molecule has 9 nitrogen and oxygen atoms in total. The van der Waals surface area contributed by atoms with Gasteiger partial charge in [-0.1, -0.05) is 17.7 Å². The average Bonchev–Trinajstić information content (AvgIpc) is 3.21. The number of hydrogen-bond acceptors (Lipinski definition) is 7. The summed E-state index contributed by atoms with van der Waals surface area (Å²) in [5, 5.41) is 3.35. The van der Waals surface area contributed by atoms with E-state index in [1.807, 2.05) is 6.92 Å². The zero-order valence-electron chi connectivity index (χ0n) is 21.6. The molecular formula is C27H40N2O7S. The highest BCUT2D eigenvalue weighted by molar-refractivity contribution is 7.85. The molecule has 1 aromatic carbocycles. The van der Waals surface area contributed by atoms with Gasteiger partial charge in [0.1, 0.15) is 0 Å². The summed E-state index contributed by atoms with van der Waals surface area (Å²) in [6.07, 6.45) is 10.8. The molecule has 5 aliphatic carbocycles. The molecule has 1 aromatic rings. The summed E-state index contributed by atoms with van der Waals surface area (Å²) in [6, 6.07) is 5.99. The van der Waals surface area contributed by atoms with E-state index in [4.69, 9.17) is 24.8 Å². The Balaban J connectivity index is 0.000000215. The first-order valence-electron chi connectivity index (χ1n) is 13.7. The van der Waals surface area contributed by atoms with Crippen LogP contribution in [0.4, 0.5) is 0 Å². The highest BCUT2D eigenvalue weighted by Gasteiger charge is 2.66. The zero-order valence-corrected chi connectivity index (χ0v) is 22.4. The normalized spacial score (nSPS) is 38.1. The first-order valence-corrected chi connectivity index (χ1v) is 15.1. The van der Waals surface area contributed by atoms with Crippen molar-refractivity contribution in [3.05, 3.63) is 29.8 Å². The Kier molecular flexibility index (Phi) is 7.70. The quantitative estimate of drug-likeness (QED) is 0.284. The third kappa shape index (κ3) is 5.89. The van der Waals surface area contributed by atoms with E-state index in [0.717, 1.165) is 49.6 Å². The van der Waals surface area contributed by atoms with Crippen molar-refractivity contribution in [3.63, 3.8) is 0 Å². The van der Waals surface area contributed by atoms with E-state index >= 15 is 0 Å². The summed E-state index contributed by atoms with van der Waals surface area (Å²) in [6.45, 7) is 3.44. The average molecular weight is 537 g/mol. The van der Waals surface area contributed by atoms with E-state index in [-0.39, 0.29) is 10.8 Å². The molecule has 1 aliphatic heterocycles. The number of nitrogens with two attached hydrogens (primary N) is 1. The maximum atomic E-state index is 10.8. The minimum atomic E-state index is -4.02. The fraction of sp³-hybridized carbons (Fsp3) is 0.741. The molecule has 4 bridgehead atoms. The van der Waals surface area contributed by atoms with Crippen LogP contribution in [0.25, 0.3) is 0 Å². The zero-order chi connectivity index (χ0) is 26.3. The number of carbonyl (C=O) groups excluding carboxylic acids is 1. The number of benzene rings is 1. The van der Waals surface area contributed by atoms with Crippen molar-refractivity contribution < 1.29 is 32.3 Å². The summed E-state index contributed by atoms with van der Waals surface area (Å²) < 4.78 is 36.3. The maximum Gasteiger partial charge on any atom is 0.294 e. The summed E-state index contributed by atoms with van der Waals surface area (Å²) in [5.41, 5.74) is 6.14. The number of nitrogens with one attached hydrogen (secondary N) is 1. The van der Waals surface area contributed by atoms with Crippen molar-refractivity contribution in [1.29, 1.82) is 0 Å². The highest BCUT2D eigenvalue weighted by Crippen LogP contribution is 2.63. The minimum absolute atomic E-state index is 0.0666. The van der Waals surface area contributed by atoms with Crippen molar-refractivity contribution in [3.8, 4) is 0 Å². The maximum absolute atomic E-state index is 10.8.